The molecule has 0 N–H and O–H groups in total. The lowest BCUT2D eigenvalue weighted by Crippen LogP contribution is -2.23. The lowest BCUT2D eigenvalue weighted by molar-refractivity contribution is 0.272. The summed E-state index contributed by atoms with van der Waals surface area (Å²) < 4.78 is 12.7. The lowest BCUT2D eigenvalue weighted by atomic mass is 9.95. The van der Waals surface area contributed by atoms with Crippen LogP contribution in [0, 0.1) is 0 Å². The van der Waals surface area contributed by atoms with E-state index in [-0.39, 0.29) is 11.2 Å². The third kappa shape index (κ3) is 2.90. The van der Waals surface area contributed by atoms with Gasteiger partial charge in [0.25, 0.3) is 11.6 Å². The van der Waals surface area contributed by atoms with Crippen LogP contribution in [0.1, 0.15) is 24.6 Å². The molecule has 22 heavy (non-hydrogen) atoms. The quantitative estimate of drug-likeness (QED) is 0.766. The van der Waals surface area contributed by atoms with E-state index in [4.69, 9.17) is 9.47 Å². The maximum absolute atomic E-state index is 12.1. The number of rotatable bonds is 6. The Morgan fingerprint density at radius 2 is 2.09 bits per heavy atom. The fourth-order valence-electron chi connectivity index (χ4n) is 2.47. The summed E-state index contributed by atoms with van der Waals surface area (Å²) >= 11 is 0. The van der Waals surface area contributed by atoms with Crippen LogP contribution >= 0.6 is 0 Å². The van der Waals surface area contributed by atoms with Gasteiger partial charge in [0, 0.05) is 19.5 Å². The normalized spacial score (nSPS) is 19.9. The Kier molecular flexibility index (Phi) is 3.98. The maximum Gasteiger partial charge on any atom is 0.299 e. The highest BCUT2D eigenvalue weighted by molar-refractivity contribution is 5.29. The van der Waals surface area contributed by atoms with Crippen molar-refractivity contribution in [2.75, 3.05) is 13.2 Å². The Balaban J connectivity index is 1.87. The molecule has 1 saturated heterocycles. The highest BCUT2D eigenvalue weighted by atomic mass is 16.6. The molecule has 1 fully saturated rings. The first-order valence-corrected chi connectivity index (χ1v) is 7.54. The number of benzene rings is 1. The minimum atomic E-state index is -0.345. The Bertz CT molecular complexity index is 706. The van der Waals surface area contributed by atoms with E-state index in [1.807, 2.05) is 37.3 Å². The minimum Gasteiger partial charge on any atom is -0.465 e. The lowest BCUT2D eigenvalue weighted by Gasteiger charge is -2.14. The van der Waals surface area contributed by atoms with Crippen LogP contribution in [0.3, 0.4) is 0 Å². The van der Waals surface area contributed by atoms with E-state index >= 15 is 0 Å². The van der Waals surface area contributed by atoms with Crippen molar-refractivity contribution >= 4 is 0 Å². The van der Waals surface area contributed by atoms with Crippen molar-refractivity contribution in [3.05, 3.63) is 58.0 Å². The molecule has 1 unspecified atom stereocenters. The van der Waals surface area contributed by atoms with Gasteiger partial charge in [0.1, 0.15) is 5.60 Å². The average Bonchev–Trinajstić information content (AvgIpc) is 3.31. The Hall–Kier alpha value is -2.14. The van der Waals surface area contributed by atoms with Gasteiger partial charge in [-0.2, -0.15) is 0 Å². The second-order valence-electron chi connectivity index (χ2n) is 5.60. The van der Waals surface area contributed by atoms with Crippen LogP contribution in [0.25, 0.3) is 0 Å². The number of hydrogen-bond donors (Lipinski definition) is 0. The van der Waals surface area contributed by atoms with Crippen LogP contribution in [-0.4, -0.2) is 22.8 Å². The zero-order valence-corrected chi connectivity index (χ0v) is 12.9. The molecule has 1 aromatic heterocycles. The Morgan fingerprint density at radius 1 is 1.36 bits per heavy atom. The van der Waals surface area contributed by atoms with Crippen LogP contribution in [0.4, 0.5) is 0 Å². The van der Waals surface area contributed by atoms with E-state index in [0.29, 0.717) is 31.3 Å². The molecule has 0 amide bonds. The maximum atomic E-state index is 12.1. The predicted molar refractivity (Wildman–Crippen MR) is 83.0 cm³/mol. The van der Waals surface area contributed by atoms with Crippen molar-refractivity contribution in [2.24, 2.45) is 7.05 Å². The Morgan fingerprint density at radius 3 is 2.73 bits per heavy atom. The first-order chi connectivity index (χ1) is 10.6. The number of nitrogens with zero attached hydrogens (tertiary/aromatic N) is 2. The van der Waals surface area contributed by atoms with E-state index < -0.39 is 0 Å². The summed E-state index contributed by atoms with van der Waals surface area (Å²) in [4.78, 5) is 16.6. The van der Waals surface area contributed by atoms with Gasteiger partial charge in [0.05, 0.1) is 18.9 Å². The van der Waals surface area contributed by atoms with E-state index in [9.17, 15) is 4.79 Å². The molecule has 1 atom stereocenters. The number of aromatic nitrogens is 2. The Labute approximate surface area is 129 Å². The third-order valence-corrected chi connectivity index (χ3v) is 3.84. The standard InChI is InChI=1S/C17H20N2O3/c1-3-9-21-16-18-14(10-15(20)19(16)2)11-17(12-22-17)13-7-5-4-6-8-13/h4-8,10H,3,9,11-12H2,1-2H3. The van der Waals surface area contributed by atoms with Crippen LogP contribution in [-0.2, 0) is 23.8 Å². The van der Waals surface area contributed by atoms with E-state index in [1.165, 1.54) is 4.57 Å². The molecule has 0 radical (unpaired) electrons. The zero-order chi connectivity index (χ0) is 15.6. The van der Waals surface area contributed by atoms with Gasteiger partial charge in [-0.05, 0) is 12.0 Å². The molecule has 0 bridgehead atoms. The van der Waals surface area contributed by atoms with E-state index in [0.717, 1.165) is 12.0 Å². The molecule has 0 spiro atoms. The molecule has 5 heteroatoms. The molecular weight excluding hydrogens is 280 g/mol. The molecule has 116 valence electrons. The van der Waals surface area contributed by atoms with Gasteiger partial charge in [-0.1, -0.05) is 37.3 Å². The molecule has 1 aromatic carbocycles. The van der Waals surface area contributed by atoms with Gasteiger partial charge in [-0.3, -0.25) is 9.36 Å². The number of ether oxygens (including phenoxy) is 2. The summed E-state index contributed by atoms with van der Waals surface area (Å²) in [7, 11) is 1.67. The van der Waals surface area contributed by atoms with Crippen LogP contribution in [0.15, 0.2) is 41.2 Å². The van der Waals surface area contributed by atoms with Crippen molar-refractivity contribution < 1.29 is 9.47 Å². The highest BCUT2D eigenvalue weighted by Crippen LogP contribution is 2.41. The highest BCUT2D eigenvalue weighted by Gasteiger charge is 2.46. The largest absolute Gasteiger partial charge is 0.465 e. The minimum absolute atomic E-state index is 0.111. The number of hydrogen-bond acceptors (Lipinski definition) is 4. The fraction of sp³-hybridized carbons (Fsp3) is 0.412. The van der Waals surface area contributed by atoms with Crippen molar-refractivity contribution in [1.82, 2.24) is 9.55 Å². The smallest absolute Gasteiger partial charge is 0.299 e. The molecule has 2 aromatic rings. The number of epoxide rings is 1. The zero-order valence-electron chi connectivity index (χ0n) is 12.9. The van der Waals surface area contributed by atoms with E-state index in [2.05, 4.69) is 4.98 Å². The summed E-state index contributed by atoms with van der Waals surface area (Å²) in [5, 5.41) is 0. The SMILES string of the molecule is CCCOc1nc(CC2(c3ccccc3)CO2)cc(=O)n1C. The van der Waals surface area contributed by atoms with Gasteiger partial charge < -0.3 is 9.47 Å². The topological polar surface area (TPSA) is 56.6 Å². The van der Waals surface area contributed by atoms with Gasteiger partial charge in [-0.15, -0.1) is 0 Å². The first kappa shape index (κ1) is 14.8. The molecule has 5 nitrogen and oxygen atoms in total. The first-order valence-electron chi connectivity index (χ1n) is 7.54. The van der Waals surface area contributed by atoms with Crippen molar-refractivity contribution in [3.8, 4) is 6.01 Å². The molecule has 3 rings (SSSR count). The second kappa shape index (κ2) is 5.93. The van der Waals surface area contributed by atoms with Crippen molar-refractivity contribution in [2.45, 2.75) is 25.4 Å². The van der Waals surface area contributed by atoms with Crippen LogP contribution < -0.4 is 10.3 Å². The average molecular weight is 300 g/mol. The summed E-state index contributed by atoms with van der Waals surface area (Å²) in [5.41, 5.74) is 1.37. The molecular formula is C17H20N2O3. The van der Waals surface area contributed by atoms with Crippen LogP contribution in [0.2, 0.25) is 0 Å². The molecule has 0 saturated carbocycles. The van der Waals surface area contributed by atoms with Gasteiger partial charge in [-0.25, -0.2) is 4.98 Å². The summed E-state index contributed by atoms with van der Waals surface area (Å²) in [5.74, 6) is 0. The predicted octanol–water partition coefficient (Wildman–Crippen LogP) is 2.04. The van der Waals surface area contributed by atoms with Crippen molar-refractivity contribution in [3.63, 3.8) is 0 Å². The van der Waals surface area contributed by atoms with Gasteiger partial charge >= 0.3 is 0 Å². The second-order valence-corrected chi connectivity index (χ2v) is 5.60. The van der Waals surface area contributed by atoms with Crippen LogP contribution in [0.5, 0.6) is 6.01 Å². The summed E-state index contributed by atoms with van der Waals surface area (Å²) in [6.45, 7) is 3.22. The molecule has 0 aliphatic carbocycles. The third-order valence-electron chi connectivity index (χ3n) is 3.84. The van der Waals surface area contributed by atoms with Gasteiger partial charge in [0.15, 0.2) is 0 Å². The summed E-state index contributed by atoms with van der Waals surface area (Å²) in [6.07, 6.45) is 1.45. The van der Waals surface area contributed by atoms with Crippen molar-refractivity contribution in [1.29, 1.82) is 0 Å². The molecule has 2 heterocycles. The monoisotopic (exact) mass is 300 g/mol. The molecule has 1 aliphatic heterocycles. The fourth-order valence-corrected chi connectivity index (χ4v) is 2.47. The van der Waals surface area contributed by atoms with Gasteiger partial charge in [0.2, 0.25) is 0 Å². The van der Waals surface area contributed by atoms with E-state index in [1.54, 1.807) is 13.1 Å². The molecule has 1 aliphatic rings. The summed E-state index contributed by atoms with van der Waals surface area (Å²) in [6, 6.07) is 12.0.